The number of rotatable bonds is 10. The molecule has 0 aliphatic heterocycles. The number of carbonyl (C=O) groups excluding carboxylic acids is 2. The lowest BCUT2D eigenvalue weighted by Gasteiger charge is -2.14. The van der Waals surface area contributed by atoms with Gasteiger partial charge in [0.2, 0.25) is 17.6 Å². The summed E-state index contributed by atoms with van der Waals surface area (Å²) in [6.45, 7) is 1.89. The van der Waals surface area contributed by atoms with Crippen LogP contribution in [0.2, 0.25) is 0 Å². The van der Waals surface area contributed by atoms with Gasteiger partial charge in [0.15, 0.2) is 10.9 Å². The Balaban J connectivity index is 1.55. The number of carbonyl (C=O) groups is 2. The number of hydrogen-bond acceptors (Lipinski definition) is 6. The smallest absolute Gasteiger partial charge is 0.237 e. The predicted octanol–water partition coefficient (Wildman–Crippen LogP) is 2.25. The van der Waals surface area contributed by atoms with Crippen molar-refractivity contribution in [1.82, 2.24) is 20.1 Å². The number of amides is 2. The maximum Gasteiger partial charge on any atom is 0.237 e. The molecule has 2 aromatic heterocycles. The molecular formula is C20H23N5O3S. The molecule has 0 saturated heterocycles. The van der Waals surface area contributed by atoms with Crippen molar-refractivity contribution in [1.29, 1.82) is 0 Å². The third-order valence-electron chi connectivity index (χ3n) is 4.22. The van der Waals surface area contributed by atoms with Gasteiger partial charge in [0, 0.05) is 6.04 Å². The second kappa shape index (κ2) is 9.92. The van der Waals surface area contributed by atoms with Gasteiger partial charge in [0.25, 0.3) is 0 Å². The van der Waals surface area contributed by atoms with Crippen LogP contribution in [0.4, 0.5) is 0 Å². The molecule has 0 aliphatic rings. The normalized spacial score (nSPS) is 11.9. The Morgan fingerprint density at radius 3 is 2.69 bits per heavy atom. The van der Waals surface area contributed by atoms with E-state index in [-0.39, 0.29) is 24.2 Å². The molecule has 1 unspecified atom stereocenters. The predicted molar refractivity (Wildman–Crippen MR) is 110 cm³/mol. The zero-order valence-electron chi connectivity index (χ0n) is 16.1. The maximum absolute atomic E-state index is 12.3. The number of benzene rings is 1. The molecule has 0 radical (unpaired) electrons. The summed E-state index contributed by atoms with van der Waals surface area (Å²) in [5.74, 6) is 0.393. The van der Waals surface area contributed by atoms with E-state index in [1.165, 1.54) is 23.6 Å². The van der Waals surface area contributed by atoms with Crippen LogP contribution in [0.1, 0.15) is 18.9 Å². The molecule has 0 fully saturated rings. The van der Waals surface area contributed by atoms with Gasteiger partial charge in [-0.15, -0.1) is 10.2 Å². The van der Waals surface area contributed by atoms with E-state index in [1.807, 2.05) is 25.1 Å². The number of nitrogens with zero attached hydrogens (tertiary/aromatic N) is 3. The van der Waals surface area contributed by atoms with Gasteiger partial charge in [-0.05, 0) is 37.5 Å². The van der Waals surface area contributed by atoms with Gasteiger partial charge in [0.1, 0.15) is 6.54 Å². The maximum atomic E-state index is 12.3. The molecule has 8 nitrogen and oxygen atoms in total. The van der Waals surface area contributed by atoms with Crippen molar-refractivity contribution in [3.05, 3.63) is 54.3 Å². The average molecular weight is 414 g/mol. The first-order valence-corrected chi connectivity index (χ1v) is 10.2. The fourth-order valence-corrected chi connectivity index (χ4v) is 3.58. The van der Waals surface area contributed by atoms with Crippen LogP contribution in [0.15, 0.2) is 58.3 Å². The highest BCUT2D eigenvalue weighted by Crippen LogP contribution is 2.24. The Morgan fingerprint density at radius 1 is 1.21 bits per heavy atom. The topological polar surface area (TPSA) is 116 Å². The first-order chi connectivity index (χ1) is 14.0. The van der Waals surface area contributed by atoms with Crippen molar-refractivity contribution in [2.75, 3.05) is 5.75 Å². The van der Waals surface area contributed by atoms with E-state index in [0.717, 1.165) is 12.8 Å². The van der Waals surface area contributed by atoms with Gasteiger partial charge in [0.05, 0.1) is 12.0 Å². The lowest BCUT2D eigenvalue weighted by atomic mass is 10.1. The quantitative estimate of drug-likeness (QED) is 0.493. The molecule has 3 N–H and O–H groups in total. The number of thioether (sulfide) groups is 1. The van der Waals surface area contributed by atoms with Crippen molar-refractivity contribution in [2.24, 2.45) is 5.73 Å². The largest absolute Gasteiger partial charge is 0.461 e. The molecule has 3 rings (SSSR count). The molecule has 2 heterocycles. The standard InChI is InChI=1S/C20H23N5O3S/c1-14(9-10-15-6-3-2-4-7-15)22-18(27)13-29-20-24-23-19(16-8-5-11-28-16)25(20)12-17(21)26/h2-8,11,14H,9-10,12-13H2,1H3,(H2,21,26)(H,22,27). The summed E-state index contributed by atoms with van der Waals surface area (Å²) < 4.78 is 6.89. The highest BCUT2D eigenvalue weighted by atomic mass is 32.2. The number of furan rings is 1. The summed E-state index contributed by atoms with van der Waals surface area (Å²) in [6.07, 6.45) is 3.26. The van der Waals surface area contributed by atoms with Crippen LogP contribution >= 0.6 is 11.8 Å². The van der Waals surface area contributed by atoms with Crippen molar-refractivity contribution < 1.29 is 14.0 Å². The van der Waals surface area contributed by atoms with E-state index in [0.29, 0.717) is 16.7 Å². The minimum atomic E-state index is -0.529. The molecule has 9 heteroatoms. The van der Waals surface area contributed by atoms with Crippen LogP contribution in [0, 0.1) is 0 Å². The van der Waals surface area contributed by atoms with E-state index in [1.54, 1.807) is 16.7 Å². The highest BCUT2D eigenvalue weighted by Gasteiger charge is 2.19. The molecule has 0 spiro atoms. The molecule has 0 bridgehead atoms. The van der Waals surface area contributed by atoms with Crippen LogP contribution in [0.25, 0.3) is 11.6 Å². The first kappa shape index (κ1) is 20.7. The molecule has 3 aromatic rings. The van der Waals surface area contributed by atoms with Crippen molar-refractivity contribution in [3.63, 3.8) is 0 Å². The monoisotopic (exact) mass is 413 g/mol. The zero-order chi connectivity index (χ0) is 20.6. The summed E-state index contributed by atoms with van der Waals surface area (Å²) in [7, 11) is 0. The molecule has 2 amide bonds. The number of hydrogen-bond donors (Lipinski definition) is 2. The van der Waals surface area contributed by atoms with E-state index in [2.05, 4.69) is 27.6 Å². The molecule has 0 saturated carbocycles. The number of aromatic nitrogens is 3. The Kier molecular flexibility index (Phi) is 7.07. The molecule has 0 aliphatic carbocycles. The molecule has 1 atom stereocenters. The molecule has 152 valence electrons. The third kappa shape index (κ3) is 5.95. The van der Waals surface area contributed by atoms with Gasteiger partial charge in [-0.2, -0.15) is 0 Å². The fraction of sp³-hybridized carbons (Fsp3) is 0.300. The lowest BCUT2D eigenvalue weighted by Crippen LogP contribution is -2.34. The number of primary amides is 1. The van der Waals surface area contributed by atoms with Gasteiger partial charge < -0.3 is 15.5 Å². The Morgan fingerprint density at radius 2 is 2.00 bits per heavy atom. The minimum Gasteiger partial charge on any atom is -0.461 e. The van der Waals surface area contributed by atoms with E-state index in [4.69, 9.17) is 10.2 Å². The Bertz CT molecular complexity index is 940. The van der Waals surface area contributed by atoms with Crippen LogP contribution in [-0.2, 0) is 22.6 Å². The van der Waals surface area contributed by atoms with Crippen molar-refractivity contribution in [2.45, 2.75) is 37.5 Å². The summed E-state index contributed by atoms with van der Waals surface area (Å²) in [6, 6.07) is 13.6. The summed E-state index contributed by atoms with van der Waals surface area (Å²) >= 11 is 1.20. The Hall–Kier alpha value is -3.07. The van der Waals surface area contributed by atoms with Gasteiger partial charge >= 0.3 is 0 Å². The lowest BCUT2D eigenvalue weighted by molar-refractivity contribution is -0.119. The van der Waals surface area contributed by atoms with Crippen LogP contribution in [0.5, 0.6) is 0 Å². The van der Waals surface area contributed by atoms with Gasteiger partial charge in [-0.25, -0.2) is 0 Å². The SMILES string of the molecule is CC(CCc1ccccc1)NC(=O)CSc1nnc(-c2ccco2)n1CC(N)=O. The minimum absolute atomic E-state index is 0.0467. The van der Waals surface area contributed by atoms with Crippen LogP contribution in [0.3, 0.4) is 0 Å². The number of aryl methyl sites for hydroxylation is 1. The Labute approximate surface area is 172 Å². The zero-order valence-corrected chi connectivity index (χ0v) is 16.9. The third-order valence-corrected chi connectivity index (χ3v) is 5.19. The fourth-order valence-electron chi connectivity index (χ4n) is 2.83. The first-order valence-electron chi connectivity index (χ1n) is 9.24. The van der Waals surface area contributed by atoms with Crippen molar-refractivity contribution in [3.8, 4) is 11.6 Å². The summed E-state index contributed by atoms with van der Waals surface area (Å²) in [5, 5.41) is 11.6. The summed E-state index contributed by atoms with van der Waals surface area (Å²) in [4.78, 5) is 23.7. The van der Waals surface area contributed by atoms with E-state index >= 15 is 0 Å². The van der Waals surface area contributed by atoms with E-state index < -0.39 is 5.91 Å². The van der Waals surface area contributed by atoms with Gasteiger partial charge in [-0.1, -0.05) is 42.1 Å². The van der Waals surface area contributed by atoms with Crippen LogP contribution in [-0.4, -0.2) is 38.4 Å². The number of nitrogens with two attached hydrogens (primary N) is 1. The molecular weight excluding hydrogens is 390 g/mol. The van der Waals surface area contributed by atoms with E-state index in [9.17, 15) is 9.59 Å². The molecule has 1 aromatic carbocycles. The van der Waals surface area contributed by atoms with Crippen molar-refractivity contribution >= 4 is 23.6 Å². The molecule has 29 heavy (non-hydrogen) atoms. The van der Waals surface area contributed by atoms with Crippen LogP contribution < -0.4 is 11.1 Å². The summed E-state index contributed by atoms with van der Waals surface area (Å²) in [5.41, 5.74) is 6.59. The highest BCUT2D eigenvalue weighted by molar-refractivity contribution is 7.99. The second-order valence-corrected chi connectivity index (χ2v) is 7.56. The number of nitrogens with one attached hydrogen (secondary N) is 1. The second-order valence-electron chi connectivity index (χ2n) is 6.62. The van der Waals surface area contributed by atoms with Gasteiger partial charge in [-0.3, -0.25) is 14.2 Å². The average Bonchev–Trinajstić information content (AvgIpc) is 3.35.